The van der Waals surface area contributed by atoms with Crippen molar-refractivity contribution in [1.82, 2.24) is 10.2 Å². The van der Waals surface area contributed by atoms with Gasteiger partial charge in [-0.3, -0.25) is 4.79 Å². The van der Waals surface area contributed by atoms with Crippen LogP contribution >= 0.6 is 0 Å². The Labute approximate surface area is 104 Å². The molecule has 100 valence electrons. The molecular weight excluding hydrogens is 216 g/mol. The van der Waals surface area contributed by atoms with E-state index in [9.17, 15) is 4.79 Å². The zero-order valence-electron chi connectivity index (χ0n) is 11.3. The zero-order valence-corrected chi connectivity index (χ0v) is 11.3. The van der Waals surface area contributed by atoms with Crippen molar-refractivity contribution >= 4 is 5.91 Å². The minimum absolute atomic E-state index is 0.182. The average molecular weight is 242 g/mol. The lowest BCUT2D eigenvalue weighted by Crippen LogP contribution is -2.56. The molecule has 0 aromatic heterocycles. The quantitative estimate of drug-likeness (QED) is 0.756. The Kier molecular flexibility index (Phi) is 5.40. The molecule has 1 fully saturated rings. The molecule has 0 spiro atoms. The van der Waals surface area contributed by atoms with Gasteiger partial charge in [-0.15, -0.1) is 0 Å². The highest BCUT2D eigenvalue weighted by Crippen LogP contribution is 2.21. The Balaban J connectivity index is 2.56. The van der Waals surface area contributed by atoms with E-state index in [1.165, 1.54) is 0 Å². The lowest BCUT2D eigenvalue weighted by Gasteiger charge is -2.37. The summed E-state index contributed by atoms with van der Waals surface area (Å²) >= 11 is 0. The minimum atomic E-state index is -0.476. The van der Waals surface area contributed by atoms with E-state index in [1.807, 2.05) is 25.7 Å². The van der Waals surface area contributed by atoms with Crippen LogP contribution in [0.4, 0.5) is 0 Å². The number of rotatable bonds is 5. The smallest absolute Gasteiger partial charge is 0.242 e. The highest BCUT2D eigenvalue weighted by atomic mass is 16.3. The van der Waals surface area contributed by atoms with E-state index >= 15 is 0 Å². The number of likely N-dealkylation sites (N-methyl/N-ethyl adjacent to an activating group) is 1. The summed E-state index contributed by atoms with van der Waals surface area (Å²) in [5.41, 5.74) is -0.476. The molecule has 1 heterocycles. The number of aliphatic hydroxyl groups is 1. The molecule has 1 unspecified atom stereocenters. The van der Waals surface area contributed by atoms with Gasteiger partial charge in [0, 0.05) is 19.7 Å². The third-order valence-electron chi connectivity index (χ3n) is 3.50. The van der Waals surface area contributed by atoms with E-state index < -0.39 is 5.54 Å². The van der Waals surface area contributed by atoms with Gasteiger partial charge in [0.1, 0.15) is 0 Å². The summed E-state index contributed by atoms with van der Waals surface area (Å²) in [6, 6.07) is 0. The molecule has 4 nitrogen and oxygen atoms in total. The first-order chi connectivity index (χ1) is 8.01. The molecule has 0 radical (unpaired) electrons. The predicted molar refractivity (Wildman–Crippen MR) is 68.8 cm³/mol. The Morgan fingerprint density at radius 2 is 2.24 bits per heavy atom. The fourth-order valence-electron chi connectivity index (χ4n) is 2.58. The number of nitrogens with one attached hydrogen (secondary N) is 1. The number of hydrogen-bond acceptors (Lipinski definition) is 3. The summed E-state index contributed by atoms with van der Waals surface area (Å²) in [6.07, 6.45) is 3.00. The van der Waals surface area contributed by atoms with Crippen molar-refractivity contribution < 1.29 is 9.90 Å². The van der Waals surface area contributed by atoms with Crippen molar-refractivity contribution in [3.63, 3.8) is 0 Å². The zero-order chi connectivity index (χ0) is 12.9. The lowest BCUT2D eigenvalue weighted by atomic mass is 9.93. The van der Waals surface area contributed by atoms with Gasteiger partial charge in [0.05, 0.1) is 5.54 Å². The normalized spacial score (nSPS) is 21.6. The summed E-state index contributed by atoms with van der Waals surface area (Å²) in [6.45, 7) is 8.57. The maximum absolute atomic E-state index is 12.4. The molecule has 4 heteroatoms. The number of carbonyl (C=O) groups excluding carboxylic acids is 1. The average Bonchev–Trinajstić information content (AvgIpc) is 2.29. The van der Waals surface area contributed by atoms with Gasteiger partial charge in [-0.05, 0) is 45.6 Å². The highest BCUT2D eigenvalue weighted by molar-refractivity contribution is 5.85. The Morgan fingerprint density at radius 1 is 1.53 bits per heavy atom. The molecule has 2 N–H and O–H groups in total. The van der Waals surface area contributed by atoms with E-state index in [2.05, 4.69) is 5.32 Å². The molecule has 17 heavy (non-hydrogen) atoms. The molecule has 1 saturated heterocycles. The first-order valence-corrected chi connectivity index (χ1v) is 6.66. The number of aliphatic hydroxyl groups excluding tert-OH is 1. The highest BCUT2D eigenvalue weighted by Gasteiger charge is 2.33. The predicted octanol–water partition coefficient (Wildman–Crippen LogP) is 0.995. The van der Waals surface area contributed by atoms with Crippen LogP contribution in [0.2, 0.25) is 0 Å². The second kappa shape index (κ2) is 6.36. The topological polar surface area (TPSA) is 52.6 Å². The summed E-state index contributed by atoms with van der Waals surface area (Å²) in [7, 11) is 0. The maximum atomic E-state index is 12.4. The van der Waals surface area contributed by atoms with Gasteiger partial charge < -0.3 is 15.3 Å². The van der Waals surface area contributed by atoms with Crippen LogP contribution in [0.3, 0.4) is 0 Å². The Hall–Kier alpha value is -0.610. The fourth-order valence-corrected chi connectivity index (χ4v) is 2.58. The first kappa shape index (κ1) is 14.5. The van der Waals surface area contributed by atoms with Crippen molar-refractivity contribution in [2.75, 3.05) is 26.2 Å². The van der Waals surface area contributed by atoms with Gasteiger partial charge >= 0.3 is 0 Å². The second-order valence-electron chi connectivity index (χ2n) is 5.43. The monoisotopic (exact) mass is 242 g/mol. The van der Waals surface area contributed by atoms with Crippen molar-refractivity contribution in [2.45, 2.75) is 45.6 Å². The molecular formula is C13H26N2O2. The molecule has 0 bridgehead atoms. The van der Waals surface area contributed by atoms with Crippen LogP contribution < -0.4 is 5.32 Å². The van der Waals surface area contributed by atoms with Gasteiger partial charge in [0.25, 0.3) is 0 Å². The van der Waals surface area contributed by atoms with Crippen LogP contribution in [0, 0.1) is 5.92 Å². The molecule has 1 aliphatic heterocycles. The number of amides is 1. The van der Waals surface area contributed by atoms with Gasteiger partial charge in [0.15, 0.2) is 0 Å². The molecule has 0 saturated carbocycles. The van der Waals surface area contributed by atoms with Crippen LogP contribution in [0.5, 0.6) is 0 Å². The van der Waals surface area contributed by atoms with Crippen molar-refractivity contribution in [1.29, 1.82) is 0 Å². The third-order valence-corrected chi connectivity index (χ3v) is 3.50. The van der Waals surface area contributed by atoms with E-state index in [1.54, 1.807) is 0 Å². The summed E-state index contributed by atoms with van der Waals surface area (Å²) < 4.78 is 0. The van der Waals surface area contributed by atoms with E-state index in [0.29, 0.717) is 5.92 Å². The molecule has 1 rings (SSSR count). The van der Waals surface area contributed by atoms with E-state index in [-0.39, 0.29) is 12.5 Å². The third kappa shape index (κ3) is 3.96. The number of likely N-dealkylation sites (tertiary alicyclic amines) is 1. The van der Waals surface area contributed by atoms with E-state index in [4.69, 9.17) is 5.11 Å². The van der Waals surface area contributed by atoms with Gasteiger partial charge in [0.2, 0.25) is 5.91 Å². The summed E-state index contributed by atoms with van der Waals surface area (Å²) in [5, 5.41) is 12.2. The van der Waals surface area contributed by atoms with Crippen LogP contribution in [0.25, 0.3) is 0 Å². The maximum Gasteiger partial charge on any atom is 0.242 e. The van der Waals surface area contributed by atoms with Gasteiger partial charge in [-0.25, -0.2) is 0 Å². The molecule has 1 atom stereocenters. The molecule has 0 aromatic rings. The Bertz CT molecular complexity index is 252. The van der Waals surface area contributed by atoms with Crippen LogP contribution in [-0.4, -0.2) is 47.7 Å². The van der Waals surface area contributed by atoms with Crippen molar-refractivity contribution in [3.8, 4) is 0 Å². The molecule has 0 aliphatic carbocycles. The van der Waals surface area contributed by atoms with Crippen molar-refractivity contribution in [2.24, 2.45) is 5.92 Å². The first-order valence-electron chi connectivity index (χ1n) is 6.66. The fraction of sp³-hybridized carbons (Fsp3) is 0.923. The molecule has 0 aromatic carbocycles. The Morgan fingerprint density at radius 3 is 2.82 bits per heavy atom. The largest absolute Gasteiger partial charge is 0.396 e. The molecule has 1 aliphatic rings. The lowest BCUT2D eigenvalue weighted by molar-refractivity contribution is -0.139. The molecule has 1 amide bonds. The minimum Gasteiger partial charge on any atom is -0.396 e. The van der Waals surface area contributed by atoms with Crippen LogP contribution in [0.15, 0.2) is 0 Å². The SMILES string of the molecule is CCNC(C)(C)C(=O)N1CCCC(CCO)C1. The number of piperidine rings is 1. The standard InChI is InChI=1S/C13H26N2O2/c1-4-14-13(2,3)12(17)15-8-5-6-11(10-15)7-9-16/h11,14,16H,4-10H2,1-3H3. The number of carbonyl (C=O) groups is 1. The van der Waals surface area contributed by atoms with Gasteiger partial charge in [-0.2, -0.15) is 0 Å². The number of nitrogens with zero attached hydrogens (tertiary/aromatic N) is 1. The summed E-state index contributed by atoms with van der Waals surface area (Å²) in [5.74, 6) is 0.650. The second-order valence-corrected chi connectivity index (χ2v) is 5.43. The van der Waals surface area contributed by atoms with E-state index in [0.717, 1.165) is 38.9 Å². The van der Waals surface area contributed by atoms with Crippen LogP contribution in [0.1, 0.15) is 40.0 Å². The van der Waals surface area contributed by atoms with Crippen LogP contribution in [-0.2, 0) is 4.79 Å². The van der Waals surface area contributed by atoms with Gasteiger partial charge in [-0.1, -0.05) is 6.92 Å². The number of hydrogen-bond donors (Lipinski definition) is 2. The van der Waals surface area contributed by atoms with Crippen molar-refractivity contribution in [3.05, 3.63) is 0 Å². The summed E-state index contributed by atoms with van der Waals surface area (Å²) in [4.78, 5) is 14.3.